The molecule has 18 heavy (non-hydrogen) atoms. The van der Waals surface area contributed by atoms with E-state index in [1.165, 1.54) is 44.7 Å². The Kier molecular flexibility index (Phi) is 10.9. The summed E-state index contributed by atoms with van der Waals surface area (Å²) >= 11 is 0. The lowest BCUT2D eigenvalue weighted by Gasteiger charge is -2.27. The van der Waals surface area contributed by atoms with Crippen LogP contribution in [0.5, 0.6) is 0 Å². The molecule has 110 valence electrons. The van der Waals surface area contributed by atoms with E-state index in [0.29, 0.717) is 6.10 Å². The van der Waals surface area contributed by atoms with Gasteiger partial charge in [0.15, 0.2) is 0 Å². The van der Waals surface area contributed by atoms with Crippen LogP contribution in [0.25, 0.3) is 0 Å². The molecule has 1 fully saturated rings. The molecule has 0 amide bonds. The van der Waals surface area contributed by atoms with E-state index < -0.39 is 7.26 Å². The van der Waals surface area contributed by atoms with Gasteiger partial charge in [0.05, 0.1) is 31.3 Å². The van der Waals surface area contributed by atoms with E-state index in [4.69, 9.17) is 4.74 Å². The first-order valence-corrected chi connectivity index (χ1v) is 10.3. The smallest absolute Gasteiger partial charge is 0.114 e. The van der Waals surface area contributed by atoms with Crippen molar-refractivity contribution >= 4 is 19.7 Å². The van der Waals surface area contributed by atoms with E-state index in [-0.39, 0.29) is 12.4 Å². The largest absolute Gasteiger partial charge is 0.369 e. The Morgan fingerprint density at radius 1 is 0.889 bits per heavy atom. The Bertz CT molecular complexity index is 173. The van der Waals surface area contributed by atoms with Gasteiger partial charge in [-0.05, 0) is 19.3 Å². The molecule has 1 aliphatic rings. The minimum absolute atomic E-state index is 0. The fourth-order valence-electron chi connectivity index (χ4n) is 2.70. The highest BCUT2D eigenvalue weighted by Crippen LogP contribution is 2.62. The second-order valence-corrected chi connectivity index (χ2v) is 10.1. The van der Waals surface area contributed by atoms with Crippen LogP contribution in [0.1, 0.15) is 59.3 Å². The molecule has 0 aromatic rings. The maximum absolute atomic E-state index is 5.53. The molecule has 1 nitrogen and oxygen atoms in total. The van der Waals surface area contributed by atoms with Crippen molar-refractivity contribution in [3.05, 3.63) is 0 Å². The van der Waals surface area contributed by atoms with Crippen molar-refractivity contribution in [1.29, 1.82) is 0 Å². The highest BCUT2D eigenvalue weighted by atomic mass is 35.5. The molecule has 1 rings (SSSR count). The fraction of sp³-hybridized carbons (Fsp3) is 1.00. The molecular weight excluding hydrogens is 263 g/mol. The molecule has 0 aliphatic carbocycles. The summed E-state index contributed by atoms with van der Waals surface area (Å²) in [6.45, 7) is 8.07. The summed E-state index contributed by atoms with van der Waals surface area (Å²) in [5.41, 5.74) is 0. The molecule has 3 heteroatoms. The lowest BCUT2D eigenvalue weighted by Crippen LogP contribution is -2.15. The minimum Gasteiger partial charge on any atom is -0.369 e. The first-order chi connectivity index (χ1) is 8.26. The van der Waals surface area contributed by atoms with Crippen LogP contribution in [0, 0.1) is 0 Å². The third-order valence-electron chi connectivity index (χ3n) is 3.95. The SMILES string of the molecule is CCCC[P+](CCCC)(CCCC)CC1CO1.Cl. The van der Waals surface area contributed by atoms with Gasteiger partial charge in [0.1, 0.15) is 6.10 Å². The van der Waals surface area contributed by atoms with E-state index in [2.05, 4.69) is 20.8 Å². The average molecular weight is 296 g/mol. The van der Waals surface area contributed by atoms with Crippen molar-refractivity contribution in [2.75, 3.05) is 31.3 Å². The lowest BCUT2D eigenvalue weighted by molar-refractivity contribution is 0.424. The summed E-state index contributed by atoms with van der Waals surface area (Å²) in [5.74, 6) is 0. The zero-order valence-electron chi connectivity index (χ0n) is 12.6. The molecule has 1 saturated heterocycles. The molecule has 0 spiro atoms. The van der Waals surface area contributed by atoms with Crippen LogP contribution >= 0.6 is 19.7 Å². The van der Waals surface area contributed by atoms with Crippen LogP contribution in [-0.4, -0.2) is 37.4 Å². The van der Waals surface area contributed by atoms with Crippen molar-refractivity contribution in [3.8, 4) is 0 Å². The summed E-state index contributed by atoms with van der Waals surface area (Å²) in [7, 11) is -0.664. The lowest BCUT2D eigenvalue weighted by atomic mass is 10.4. The summed E-state index contributed by atoms with van der Waals surface area (Å²) in [6, 6.07) is 0. The zero-order chi connectivity index (χ0) is 12.6. The molecule has 0 aromatic heterocycles. The fourth-order valence-corrected chi connectivity index (χ4v) is 7.95. The highest BCUT2D eigenvalue weighted by molar-refractivity contribution is 7.75. The van der Waals surface area contributed by atoms with Gasteiger partial charge in [-0.2, -0.15) is 0 Å². The van der Waals surface area contributed by atoms with Gasteiger partial charge in [0.2, 0.25) is 0 Å². The van der Waals surface area contributed by atoms with Gasteiger partial charge in [0.25, 0.3) is 0 Å². The molecule has 0 radical (unpaired) electrons. The number of hydrogen-bond donors (Lipinski definition) is 0. The van der Waals surface area contributed by atoms with E-state index in [1.807, 2.05) is 0 Å². The Balaban J connectivity index is 0.00000289. The van der Waals surface area contributed by atoms with E-state index in [1.54, 1.807) is 18.5 Å². The second-order valence-electron chi connectivity index (χ2n) is 5.71. The molecule has 1 aliphatic heterocycles. The third-order valence-corrected chi connectivity index (χ3v) is 8.93. The molecule has 0 aromatic carbocycles. The quantitative estimate of drug-likeness (QED) is 0.376. The first-order valence-electron chi connectivity index (χ1n) is 7.73. The number of unbranched alkanes of at least 4 members (excludes halogenated alkanes) is 3. The summed E-state index contributed by atoms with van der Waals surface area (Å²) in [4.78, 5) is 0. The number of halogens is 1. The summed E-state index contributed by atoms with van der Waals surface area (Å²) in [6.07, 6.45) is 15.2. The van der Waals surface area contributed by atoms with Crippen molar-refractivity contribution in [1.82, 2.24) is 0 Å². The minimum atomic E-state index is -0.664. The zero-order valence-corrected chi connectivity index (χ0v) is 14.3. The Labute approximate surface area is 121 Å². The van der Waals surface area contributed by atoms with E-state index >= 15 is 0 Å². The van der Waals surface area contributed by atoms with Gasteiger partial charge in [-0.1, -0.05) is 40.0 Å². The summed E-state index contributed by atoms with van der Waals surface area (Å²) in [5, 5.41) is 0. The second kappa shape index (κ2) is 10.5. The monoisotopic (exact) mass is 295 g/mol. The highest BCUT2D eigenvalue weighted by Gasteiger charge is 2.42. The maximum atomic E-state index is 5.53. The van der Waals surface area contributed by atoms with Gasteiger partial charge in [-0.15, -0.1) is 12.4 Å². The van der Waals surface area contributed by atoms with Gasteiger partial charge >= 0.3 is 0 Å². The van der Waals surface area contributed by atoms with Crippen LogP contribution in [0.3, 0.4) is 0 Å². The summed E-state index contributed by atoms with van der Waals surface area (Å²) < 4.78 is 5.53. The van der Waals surface area contributed by atoms with E-state index in [9.17, 15) is 0 Å². The molecule has 0 N–H and O–H groups in total. The van der Waals surface area contributed by atoms with Gasteiger partial charge in [0, 0.05) is 7.26 Å². The topological polar surface area (TPSA) is 12.5 Å². The van der Waals surface area contributed by atoms with Crippen LogP contribution < -0.4 is 0 Å². The van der Waals surface area contributed by atoms with Crippen molar-refractivity contribution in [2.45, 2.75) is 65.4 Å². The number of hydrogen-bond acceptors (Lipinski definition) is 1. The molecular formula is C15H33ClOP+. The third kappa shape index (κ3) is 7.31. The van der Waals surface area contributed by atoms with Crippen molar-refractivity contribution < 1.29 is 4.74 Å². The first kappa shape index (κ1) is 18.7. The molecule has 1 unspecified atom stereocenters. The van der Waals surface area contributed by atoms with E-state index in [0.717, 1.165) is 6.61 Å². The van der Waals surface area contributed by atoms with Crippen LogP contribution in [-0.2, 0) is 4.74 Å². The molecule has 1 atom stereocenters. The predicted molar refractivity (Wildman–Crippen MR) is 88.1 cm³/mol. The molecule has 0 bridgehead atoms. The Hall–Kier alpha value is 0.680. The molecule has 0 saturated carbocycles. The Morgan fingerprint density at radius 3 is 1.56 bits per heavy atom. The van der Waals surface area contributed by atoms with Crippen LogP contribution in [0.4, 0.5) is 0 Å². The van der Waals surface area contributed by atoms with Gasteiger partial charge in [-0.3, -0.25) is 0 Å². The molecule has 1 heterocycles. The standard InChI is InChI=1S/C15H32OP.ClH/c1-4-7-10-17(11-8-5-2,12-9-6-3)14-15-13-16-15;/h15H,4-14H2,1-3H3;1H/q+1;. The normalized spacial score (nSPS) is 18.5. The number of epoxide rings is 1. The van der Waals surface area contributed by atoms with Crippen molar-refractivity contribution in [3.63, 3.8) is 0 Å². The number of rotatable bonds is 11. The van der Waals surface area contributed by atoms with Crippen LogP contribution in [0.2, 0.25) is 0 Å². The average Bonchev–Trinajstić information content (AvgIpc) is 3.15. The van der Waals surface area contributed by atoms with Gasteiger partial charge < -0.3 is 4.74 Å². The Morgan fingerprint density at radius 2 is 1.28 bits per heavy atom. The maximum Gasteiger partial charge on any atom is 0.114 e. The number of ether oxygens (including phenoxy) is 1. The van der Waals surface area contributed by atoms with Crippen molar-refractivity contribution in [2.24, 2.45) is 0 Å². The van der Waals surface area contributed by atoms with Gasteiger partial charge in [-0.25, -0.2) is 0 Å². The van der Waals surface area contributed by atoms with Crippen LogP contribution in [0.15, 0.2) is 0 Å². The predicted octanol–water partition coefficient (Wildman–Crippen LogP) is 5.22.